The Morgan fingerprint density at radius 3 is 1.56 bits per heavy atom. The van der Waals surface area contributed by atoms with Gasteiger partial charge in [0.1, 0.15) is 18.8 Å². The summed E-state index contributed by atoms with van der Waals surface area (Å²) in [5.74, 6) is -1.60. The van der Waals surface area contributed by atoms with Crippen molar-refractivity contribution in [3.63, 3.8) is 0 Å². The van der Waals surface area contributed by atoms with E-state index in [2.05, 4.69) is 0 Å². The first-order valence-corrected chi connectivity index (χ1v) is 14.1. The normalized spacial score (nSPS) is 19.7. The summed E-state index contributed by atoms with van der Waals surface area (Å²) in [5.41, 5.74) is 1.21. The fraction of sp³-hybridized carbons (Fsp3) is 0.182. The third-order valence-electron chi connectivity index (χ3n) is 6.43. The Balaban J connectivity index is 1.40. The van der Waals surface area contributed by atoms with Crippen molar-refractivity contribution in [1.29, 1.82) is 0 Å². The van der Waals surface area contributed by atoms with E-state index < -0.39 is 40.8 Å². The van der Waals surface area contributed by atoms with E-state index in [-0.39, 0.29) is 13.2 Å². The highest BCUT2D eigenvalue weighted by Gasteiger charge is 2.50. The molecule has 0 amide bonds. The van der Waals surface area contributed by atoms with Gasteiger partial charge in [0.2, 0.25) is 0 Å². The van der Waals surface area contributed by atoms with Crippen LogP contribution in [0.25, 0.3) is 0 Å². The van der Waals surface area contributed by atoms with Gasteiger partial charge < -0.3 is 18.9 Å². The molecule has 1 aliphatic heterocycles. The Labute approximate surface area is 242 Å². The number of rotatable bonds is 10. The molecule has 4 aromatic carbocycles. The molecule has 0 aliphatic carbocycles. The smallest absolute Gasteiger partial charge is 0.339 e. The predicted octanol–water partition coefficient (Wildman–Crippen LogP) is 5.95. The second kappa shape index (κ2) is 13.8. The highest BCUT2D eigenvalue weighted by molar-refractivity contribution is 8.00. The van der Waals surface area contributed by atoms with Gasteiger partial charge in [0.05, 0.1) is 28.5 Å². The van der Waals surface area contributed by atoms with Gasteiger partial charge in [-0.15, -0.1) is 11.8 Å². The van der Waals surface area contributed by atoms with E-state index >= 15 is 0 Å². The van der Waals surface area contributed by atoms with Crippen LogP contribution in [0.1, 0.15) is 36.6 Å². The summed E-state index contributed by atoms with van der Waals surface area (Å²) in [6.45, 7) is 0.108. The molecule has 1 aliphatic rings. The molecule has 7 nitrogen and oxygen atoms in total. The third-order valence-corrected chi connectivity index (χ3v) is 7.81. The molecule has 1 fully saturated rings. The molecule has 41 heavy (non-hydrogen) atoms. The molecule has 0 saturated carbocycles. The molecule has 8 heteroatoms. The van der Waals surface area contributed by atoms with Gasteiger partial charge in [-0.1, -0.05) is 84.9 Å². The maximum atomic E-state index is 13.2. The molecule has 0 spiro atoms. The first-order valence-electron chi connectivity index (χ1n) is 13.1. The summed E-state index contributed by atoms with van der Waals surface area (Å²) in [4.78, 5) is 39.0. The lowest BCUT2D eigenvalue weighted by Gasteiger charge is -2.26. The molecule has 0 radical (unpaired) electrons. The van der Waals surface area contributed by atoms with Gasteiger partial charge >= 0.3 is 17.9 Å². The summed E-state index contributed by atoms with van der Waals surface area (Å²) < 4.78 is 23.8. The van der Waals surface area contributed by atoms with Gasteiger partial charge in [0.15, 0.2) is 5.44 Å². The van der Waals surface area contributed by atoms with Crippen LogP contribution in [-0.4, -0.2) is 47.4 Å². The van der Waals surface area contributed by atoms with Crippen molar-refractivity contribution in [3.05, 3.63) is 144 Å². The van der Waals surface area contributed by atoms with Crippen molar-refractivity contribution in [2.24, 2.45) is 0 Å². The fourth-order valence-electron chi connectivity index (χ4n) is 4.33. The third kappa shape index (κ3) is 7.42. The Hall–Kier alpha value is -4.40. The van der Waals surface area contributed by atoms with E-state index in [0.717, 1.165) is 5.56 Å². The van der Waals surface area contributed by atoms with Gasteiger partial charge in [-0.05, 0) is 42.0 Å². The van der Waals surface area contributed by atoms with Crippen molar-refractivity contribution >= 4 is 29.7 Å². The van der Waals surface area contributed by atoms with Gasteiger partial charge in [-0.2, -0.15) is 0 Å². The van der Waals surface area contributed by atoms with Crippen LogP contribution in [0.15, 0.2) is 121 Å². The Morgan fingerprint density at radius 1 is 0.561 bits per heavy atom. The van der Waals surface area contributed by atoms with Crippen molar-refractivity contribution < 1.29 is 33.3 Å². The fourth-order valence-corrected chi connectivity index (χ4v) is 5.72. The summed E-state index contributed by atoms with van der Waals surface area (Å²) in [5, 5.41) is -0.565. The molecule has 1 heterocycles. The second-order valence-electron chi connectivity index (χ2n) is 9.28. The lowest BCUT2D eigenvalue weighted by Crippen LogP contribution is -2.41. The summed E-state index contributed by atoms with van der Waals surface area (Å²) >= 11 is 1.24. The summed E-state index contributed by atoms with van der Waals surface area (Å²) in [6.07, 6.45) is -1.71. The predicted molar refractivity (Wildman–Crippen MR) is 154 cm³/mol. The van der Waals surface area contributed by atoms with E-state index in [1.54, 1.807) is 78.9 Å². The van der Waals surface area contributed by atoms with Crippen LogP contribution in [0.4, 0.5) is 0 Å². The highest BCUT2D eigenvalue weighted by atomic mass is 32.2. The lowest BCUT2D eigenvalue weighted by molar-refractivity contribution is -0.0860. The van der Waals surface area contributed by atoms with E-state index in [9.17, 15) is 14.4 Å². The highest BCUT2D eigenvalue weighted by Crippen LogP contribution is 2.40. The Bertz CT molecular complexity index is 1430. The average Bonchev–Trinajstić information content (AvgIpc) is 3.35. The van der Waals surface area contributed by atoms with Gasteiger partial charge in [0.25, 0.3) is 0 Å². The van der Waals surface area contributed by atoms with Crippen LogP contribution >= 0.6 is 11.8 Å². The average molecular weight is 569 g/mol. The number of ether oxygens (including phenoxy) is 4. The first-order chi connectivity index (χ1) is 20.1. The quantitative estimate of drug-likeness (QED) is 0.171. The zero-order chi connectivity index (χ0) is 28.4. The number of thioether (sulfide) groups is 1. The molecular formula is C33H28O7S. The molecule has 5 rings (SSSR count). The van der Waals surface area contributed by atoms with Crippen LogP contribution in [0.5, 0.6) is 0 Å². The van der Waals surface area contributed by atoms with E-state index in [0.29, 0.717) is 16.7 Å². The van der Waals surface area contributed by atoms with Crippen molar-refractivity contribution in [1.82, 2.24) is 0 Å². The number of carbonyl (C=O) groups is 3. The first kappa shape index (κ1) is 28.1. The van der Waals surface area contributed by atoms with Crippen LogP contribution in [0.3, 0.4) is 0 Å². The van der Waals surface area contributed by atoms with Crippen molar-refractivity contribution in [3.8, 4) is 0 Å². The number of benzene rings is 4. The number of carbonyl (C=O) groups excluding carboxylic acids is 3. The van der Waals surface area contributed by atoms with Gasteiger partial charge in [-0.3, -0.25) is 0 Å². The standard InChI is InChI=1S/C33H28O7S/c34-30(24-15-7-2-8-16-24)38-22-27-28(39-31(35)25-17-9-3-10-18-25)29(37-21-23-13-5-1-6-14-23)33(41-27)40-32(36)26-19-11-4-12-20-26/h1-20,27-29,33H,21-22H2/t27-,28-,29-,33?/m0/s1. The minimum atomic E-state index is -0.881. The second-order valence-corrected chi connectivity index (χ2v) is 10.6. The van der Waals surface area contributed by atoms with E-state index in [1.807, 2.05) is 42.5 Å². The summed E-state index contributed by atoms with van der Waals surface area (Å²) in [6, 6.07) is 35.4. The largest absolute Gasteiger partial charge is 0.461 e. The molecule has 1 unspecified atom stereocenters. The Kier molecular flexibility index (Phi) is 9.46. The maximum Gasteiger partial charge on any atom is 0.339 e. The summed E-state index contributed by atoms with van der Waals surface area (Å²) in [7, 11) is 0. The van der Waals surface area contributed by atoms with Crippen LogP contribution < -0.4 is 0 Å². The topological polar surface area (TPSA) is 88.1 Å². The number of hydrogen-bond acceptors (Lipinski definition) is 8. The molecule has 4 aromatic rings. The van der Waals surface area contributed by atoms with Crippen LogP contribution in [0, 0.1) is 0 Å². The molecular weight excluding hydrogens is 540 g/mol. The molecule has 208 valence electrons. The van der Waals surface area contributed by atoms with Crippen LogP contribution in [-0.2, 0) is 25.6 Å². The van der Waals surface area contributed by atoms with Crippen molar-refractivity contribution in [2.75, 3.05) is 6.61 Å². The molecule has 0 aromatic heterocycles. The lowest BCUT2D eigenvalue weighted by atomic mass is 10.1. The SMILES string of the molecule is O=C(OC[C@@H]1SC(OC(=O)c2ccccc2)[C@@H](OCc2ccccc2)[C@H]1OC(=O)c1ccccc1)c1ccccc1. The molecule has 0 bridgehead atoms. The molecule has 0 N–H and O–H groups in total. The number of esters is 3. The zero-order valence-corrected chi connectivity index (χ0v) is 22.9. The minimum absolute atomic E-state index is 0.0876. The van der Waals surface area contributed by atoms with Crippen LogP contribution in [0.2, 0.25) is 0 Å². The zero-order valence-electron chi connectivity index (χ0n) is 22.0. The number of hydrogen-bond donors (Lipinski definition) is 0. The monoisotopic (exact) mass is 568 g/mol. The van der Waals surface area contributed by atoms with E-state index in [4.69, 9.17) is 18.9 Å². The maximum absolute atomic E-state index is 13.2. The Morgan fingerprint density at radius 2 is 1.02 bits per heavy atom. The van der Waals surface area contributed by atoms with E-state index in [1.165, 1.54) is 11.8 Å². The minimum Gasteiger partial charge on any atom is -0.461 e. The van der Waals surface area contributed by atoms with Crippen molar-refractivity contribution in [2.45, 2.75) is 29.5 Å². The molecule has 4 atom stereocenters. The van der Waals surface area contributed by atoms with Gasteiger partial charge in [-0.25, -0.2) is 14.4 Å². The molecule has 1 saturated heterocycles. The van der Waals surface area contributed by atoms with Gasteiger partial charge in [0, 0.05) is 0 Å².